The summed E-state index contributed by atoms with van der Waals surface area (Å²) in [5.74, 6) is -0.109. The highest BCUT2D eigenvalue weighted by Crippen LogP contribution is 2.35. The molecule has 2 aromatic carbocycles. The van der Waals surface area contributed by atoms with Gasteiger partial charge in [0.1, 0.15) is 17.9 Å². The molecule has 1 fully saturated rings. The first kappa shape index (κ1) is 25.8. The van der Waals surface area contributed by atoms with Gasteiger partial charge in [-0.1, -0.05) is 29.8 Å². The van der Waals surface area contributed by atoms with Crippen molar-refractivity contribution in [1.29, 1.82) is 0 Å². The van der Waals surface area contributed by atoms with Crippen LogP contribution in [0.3, 0.4) is 0 Å². The smallest absolute Gasteiger partial charge is 0.331 e. The topological polar surface area (TPSA) is 98.1 Å². The van der Waals surface area contributed by atoms with Gasteiger partial charge in [-0.15, -0.1) is 6.58 Å². The van der Waals surface area contributed by atoms with Crippen LogP contribution in [0.15, 0.2) is 77.4 Å². The lowest BCUT2D eigenvalue weighted by Gasteiger charge is -2.25. The second kappa shape index (κ2) is 11.6. The lowest BCUT2D eigenvalue weighted by atomic mass is 10.0. The number of amides is 4. The number of hydrogen-bond donors (Lipinski definition) is 1. The van der Waals surface area contributed by atoms with E-state index in [4.69, 9.17) is 25.5 Å². The zero-order valence-electron chi connectivity index (χ0n) is 20.2. The summed E-state index contributed by atoms with van der Waals surface area (Å²) in [5.41, 5.74) is 2.03. The van der Waals surface area contributed by atoms with E-state index in [0.717, 1.165) is 16.0 Å². The molecule has 0 radical (unpaired) electrons. The van der Waals surface area contributed by atoms with Crippen LogP contribution < -0.4 is 14.8 Å². The van der Waals surface area contributed by atoms with Gasteiger partial charge in [-0.2, -0.15) is 0 Å². The van der Waals surface area contributed by atoms with Gasteiger partial charge in [0.15, 0.2) is 11.5 Å². The number of ether oxygens (including phenoxy) is 2. The van der Waals surface area contributed by atoms with Crippen molar-refractivity contribution in [3.63, 3.8) is 0 Å². The summed E-state index contributed by atoms with van der Waals surface area (Å²) >= 11 is 5.98. The summed E-state index contributed by atoms with van der Waals surface area (Å²) in [4.78, 5) is 38.9. The van der Waals surface area contributed by atoms with Crippen molar-refractivity contribution in [2.45, 2.75) is 26.5 Å². The van der Waals surface area contributed by atoms with Crippen molar-refractivity contribution < 1.29 is 28.3 Å². The van der Waals surface area contributed by atoms with Gasteiger partial charge in [0.25, 0.3) is 11.8 Å². The third kappa shape index (κ3) is 6.10. The van der Waals surface area contributed by atoms with Crippen LogP contribution >= 0.6 is 11.6 Å². The van der Waals surface area contributed by atoms with E-state index in [0.29, 0.717) is 40.9 Å². The molecule has 1 saturated heterocycles. The molecule has 1 aliphatic heterocycles. The second-order valence-corrected chi connectivity index (χ2v) is 8.57. The lowest BCUT2D eigenvalue weighted by molar-refractivity contribution is -0.130. The number of urea groups is 1. The maximum Gasteiger partial charge on any atom is 0.331 e. The van der Waals surface area contributed by atoms with Crippen molar-refractivity contribution in [3.8, 4) is 11.5 Å². The van der Waals surface area contributed by atoms with Gasteiger partial charge in [0.05, 0.1) is 19.4 Å². The SMILES string of the molecule is C=CCc1cc(/C=C2\C(=O)NC(=O)N(Cc3ccco3)C2=O)cc(OCC)c1OCc1ccc(Cl)cc1. The van der Waals surface area contributed by atoms with E-state index >= 15 is 0 Å². The van der Waals surface area contributed by atoms with Crippen LogP contribution in [0.4, 0.5) is 4.79 Å². The second-order valence-electron chi connectivity index (χ2n) is 8.14. The minimum Gasteiger partial charge on any atom is -0.490 e. The molecule has 4 rings (SSSR count). The molecule has 1 N–H and O–H groups in total. The molecule has 0 aliphatic carbocycles. The van der Waals surface area contributed by atoms with Crippen LogP contribution in [0.25, 0.3) is 6.08 Å². The number of furan rings is 1. The Kier molecular flexibility index (Phi) is 8.10. The molecular weight excluding hydrogens is 496 g/mol. The predicted molar refractivity (Wildman–Crippen MR) is 138 cm³/mol. The average molecular weight is 521 g/mol. The minimum absolute atomic E-state index is 0.105. The van der Waals surface area contributed by atoms with Gasteiger partial charge < -0.3 is 13.9 Å². The van der Waals surface area contributed by atoms with E-state index in [1.165, 1.54) is 12.3 Å². The normalized spacial score (nSPS) is 14.6. The number of carbonyl (C=O) groups is 3. The number of nitrogens with one attached hydrogen (secondary N) is 1. The Hall–Kier alpha value is -4.30. The Bertz CT molecular complexity index is 1350. The molecule has 0 saturated carbocycles. The van der Waals surface area contributed by atoms with E-state index in [1.54, 1.807) is 42.5 Å². The number of allylic oxidation sites excluding steroid dienone is 1. The number of imide groups is 2. The summed E-state index contributed by atoms with van der Waals surface area (Å²) in [6.45, 7) is 6.22. The summed E-state index contributed by atoms with van der Waals surface area (Å²) < 4.78 is 17.2. The quantitative estimate of drug-likeness (QED) is 0.221. The highest BCUT2D eigenvalue weighted by Gasteiger charge is 2.36. The predicted octanol–water partition coefficient (Wildman–Crippen LogP) is 5.30. The van der Waals surface area contributed by atoms with Crippen LogP contribution in [0.1, 0.15) is 29.4 Å². The fraction of sp³-hybridized carbons (Fsp3) is 0.179. The van der Waals surface area contributed by atoms with Gasteiger partial charge in [0.2, 0.25) is 0 Å². The number of benzene rings is 2. The minimum atomic E-state index is -0.808. The fourth-order valence-electron chi connectivity index (χ4n) is 3.80. The molecule has 0 atom stereocenters. The van der Waals surface area contributed by atoms with Gasteiger partial charge in [-0.05, 0) is 66.9 Å². The molecule has 3 aromatic rings. The van der Waals surface area contributed by atoms with Gasteiger partial charge in [-0.3, -0.25) is 19.8 Å². The van der Waals surface area contributed by atoms with Crippen molar-refractivity contribution in [1.82, 2.24) is 10.2 Å². The Balaban J connectivity index is 1.67. The fourth-order valence-corrected chi connectivity index (χ4v) is 3.93. The molecule has 0 spiro atoms. The molecule has 1 aliphatic rings. The number of hydrogen-bond acceptors (Lipinski definition) is 6. The lowest BCUT2D eigenvalue weighted by Crippen LogP contribution is -2.53. The van der Waals surface area contributed by atoms with E-state index in [-0.39, 0.29) is 18.7 Å². The van der Waals surface area contributed by atoms with Crippen molar-refractivity contribution in [3.05, 3.63) is 100 Å². The number of barbiturate groups is 1. The summed E-state index contributed by atoms with van der Waals surface area (Å²) in [6, 6.07) is 13.3. The number of carbonyl (C=O) groups excluding carboxylic acids is 3. The van der Waals surface area contributed by atoms with Crippen LogP contribution in [-0.4, -0.2) is 29.4 Å². The third-order valence-corrected chi connectivity index (χ3v) is 5.76. The number of rotatable bonds is 10. The summed E-state index contributed by atoms with van der Waals surface area (Å²) in [5, 5.41) is 2.85. The first-order chi connectivity index (χ1) is 17.9. The zero-order chi connectivity index (χ0) is 26.4. The van der Waals surface area contributed by atoms with Crippen molar-refractivity contribution >= 4 is 35.5 Å². The Morgan fingerprint density at radius 3 is 2.57 bits per heavy atom. The van der Waals surface area contributed by atoms with E-state index in [9.17, 15) is 14.4 Å². The van der Waals surface area contributed by atoms with Crippen LogP contribution in [0, 0.1) is 0 Å². The van der Waals surface area contributed by atoms with Gasteiger partial charge in [0, 0.05) is 10.6 Å². The first-order valence-corrected chi connectivity index (χ1v) is 12.0. The molecule has 4 amide bonds. The van der Waals surface area contributed by atoms with E-state index in [1.807, 2.05) is 19.1 Å². The summed E-state index contributed by atoms with van der Waals surface area (Å²) in [7, 11) is 0. The molecule has 0 unspecified atom stereocenters. The number of halogens is 1. The molecule has 0 bridgehead atoms. The van der Waals surface area contributed by atoms with Crippen LogP contribution in [0.5, 0.6) is 11.5 Å². The van der Waals surface area contributed by atoms with Gasteiger partial charge in [-0.25, -0.2) is 4.79 Å². The van der Waals surface area contributed by atoms with E-state index < -0.39 is 17.8 Å². The van der Waals surface area contributed by atoms with Crippen molar-refractivity contribution in [2.75, 3.05) is 6.61 Å². The largest absolute Gasteiger partial charge is 0.490 e. The van der Waals surface area contributed by atoms with E-state index in [2.05, 4.69) is 11.9 Å². The molecule has 1 aromatic heterocycles. The van der Waals surface area contributed by atoms with Crippen molar-refractivity contribution in [2.24, 2.45) is 0 Å². The molecular formula is C28H25ClN2O6. The van der Waals surface area contributed by atoms with Crippen LogP contribution in [0.2, 0.25) is 5.02 Å². The zero-order valence-corrected chi connectivity index (χ0v) is 20.9. The van der Waals surface area contributed by atoms with Crippen LogP contribution in [-0.2, 0) is 29.2 Å². The number of nitrogens with zero attached hydrogens (tertiary/aromatic N) is 1. The standard InChI is InChI=1S/C28H25ClN2O6/c1-3-6-20-13-19(15-24(35-4-2)25(20)37-17-18-8-10-21(29)11-9-18)14-23-26(32)30-28(34)31(27(23)33)16-22-7-5-12-36-22/h3,5,7-15H,1,4,6,16-17H2,2H3,(H,30,32,34)/b23-14+. The molecule has 9 heteroatoms. The molecule has 2 heterocycles. The maximum absolute atomic E-state index is 13.1. The maximum atomic E-state index is 13.1. The monoisotopic (exact) mass is 520 g/mol. The highest BCUT2D eigenvalue weighted by molar-refractivity contribution is 6.31. The highest BCUT2D eigenvalue weighted by atomic mass is 35.5. The molecule has 8 nitrogen and oxygen atoms in total. The molecule has 37 heavy (non-hydrogen) atoms. The third-order valence-electron chi connectivity index (χ3n) is 5.51. The Labute approximate surface area is 219 Å². The van der Waals surface area contributed by atoms with Gasteiger partial charge >= 0.3 is 6.03 Å². The Morgan fingerprint density at radius 1 is 1.11 bits per heavy atom. The Morgan fingerprint density at radius 2 is 1.89 bits per heavy atom. The molecule has 190 valence electrons. The average Bonchev–Trinajstić information content (AvgIpc) is 3.39. The first-order valence-electron chi connectivity index (χ1n) is 11.6. The summed E-state index contributed by atoms with van der Waals surface area (Å²) in [6.07, 6.45) is 5.05.